The third-order valence-corrected chi connectivity index (χ3v) is 3.45. The summed E-state index contributed by atoms with van der Waals surface area (Å²) in [7, 11) is 1.88. The van der Waals surface area contributed by atoms with Crippen LogP contribution in [0.25, 0.3) is 0 Å². The van der Waals surface area contributed by atoms with E-state index in [2.05, 4.69) is 20.4 Å². The number of rotatable bonds is 7. The van der Waals surface area contributed by atoms with Crippen molar-refractivity contribution in [3.63, 3.8) is 0 Å². The molecule has 0 fully saturated rings. The van der Waals surface area contributed by atoms with Gasteiger partial charge in [0.15, 0.2) is 5.16 Å². The molecule has 0 radical (unpaired) electrons. The number of carbonyl (C=O) groups excluding carboxylic acids is 1. The van der Waals surface area contributed by atoms with E-state index in [0.29, 0.717) is 29.7 Å². The lowest BCUT2D eigenvalue weighted by molar-refractivity contribution is 0.0526. The van der Waals surface area contributed by atoms with Gasteiger partial charge < -0.3 is 10.1 Å². The number of anilines is 1. The van der Waals surface area contributed by atoms with Crippen molar-refractivity contribution in [3.8, 4) is 0 Å². The summed E-state index contributed by atoms with van der Waals surface area (Å²) in [6.07, 6.45) is 6.02. The van der Waals surface area contributed by atoms with Gasteiger partial charge in [0.2, 0.25) is 0 Å². The Morgan fingerprint density at radius 3 is 2.95 bits per heavy atom. The number of thioether (sulfide) groups is 1. The Labute approximate surface area is 133 Å². The van der Waals surface area contributed by atoms with Gasteiger partial charge in [-0.2, -0.15) is 5.10 Å². The Morgan fingerprint density at radius 2 is 2.32 bits per heavy atom. The molecule has 0 aliphatic rings. The van der Waals surface area contributed by atoms with Crippen molar-refractivity contribution >= 4 is 23.5 Å². The van der Waals surface area contributed by atoms with E-state index in [-0.39, 0.29) is 0 Å². The van der Waals surface area contributed by atoms with Crippen molar-refractivity contribution in [2.45, 2.75) is 18.5 Å². The van der Waals surface area contributed by atoms with Crippen LogP contribution in [0.2, 0.25) is 0 Å². The monoisotopic (exact) mass is 321 g/mol. The highest BCUT2D eigenvalue weighted by molar-refractivity contribution is 7.98. The fraction of sp³-hybridized carbons (Fsp3) is 0.429. The van der Waals surface area contributed by atoms with Crippen LogP contribution in [0.4, 0.5) is 5.82 Å². The molecular weight excluding hydrogens is 302 g/mol. The molecule has 8 heteroatoms. The number of ether oxygens (including phenoxy) is 1. The molecule has 118 valence electrons. The molecule has 0 atom stereocenters. The van der Waals surface area contributed by atoms with E-state index < -0.39 is 5.97 Å². The minimum Gasteiger partial charge on any atom is -0.462 e. The topological polar surface area (TPSA) is 81.9 Å². The highest BCUT2D eigenvalue weighted by Gasteiger charge is 2.15. The smallest absolute Gasteiger partial charge is 0.343 e. The second-order valence-electron chi connectivity index (χ2n) is 4.50. The highest BCUT2D eigenvalue weighted by Crippen LogP contribution is 2.17. The van der Waals surface area contributed by atoms with Gasteiger partial charge in [0.25, 0.3) is 0 Å². The van der Waals surface area contributed by atoms with Gasteiger partial charge in [0.05, 0.1) is 12.3 Å². The zero-order valence-corrected chi connectivity index (χ0v) is 13.7. The first-order valence-corrected chi connectivity index (χ1v) is 8.17. The van der Waals surface area contributed by atoms with Crippen LogP contribution in [0.1, 0.15) is 23.0 Å². The standard InChI is InChI=1S/C14H19N5O2S/c1-4-21-13(20)11-9-16-14(22-3)17-12(11)15-7-5-10-6-8-19(2)18-10/h6,8-9H,4-5,7H2,1-3H3,(H,15,16,17). The molecule has 1 N–H and O–H groups in total. The molecule has 0 aromatic carbocycles. The fourth-order valence-corrected chi connectivity index (χ4v) is 2.20. The summed E-state index contributed by atoms with van der Waals surface area (Å²) in [6.45, 7) is 2.70. The molecule has 0 amide bonds. The first-order chi connectivity index (χ1) is 10.6. The van der Waals surface area contributed by atoms with Crippen molar-refractivity contribution in [1.82, 2.24) is 19.7 Å². The second-order valence-corrected chi connectivity index (χ2v) is 5.27. The summed E-state index contributed by atoms with van der Waals surface area (Å²) in [5, 5.41) is 8.09. The number of aromatic nitrogens is 4. The summed E-state index contributed by atoms with van der Waals surface area (Å²) in [5.74, 6) is 0.0734. The normalized spacial score (nSPS) is 10.5. The molecule has 0 aliphatic heterocycles. The number of nitrogens with one attached hydrogen (secondary N) is 1. The van der Waals surface area contributed by atoms with E-state index in [1.54, 1.807) is 11.6 Å². The van der Waals surface area contributed by atoms with Crippen LogP contribution < -0.4 is 5.32 Å². The van der Waals surface area contributed by atoms with E-state index in [4.69, 9.17) is 4.74 Å². The fourth-order valence-electron chi connectivity index (χ4n) is 1.86. The lowest BCUT2D eigenvalue weighted by atomic mass is 10.3. The molecule has 0 spiro atoms. The molecule has 0 unspecified atom stereocenters. The van der Waals surface area contributed by atoms with Crippen LogP contribution in [0.3, 0.4) is 0 Å². The second kappa shape index (κ2) is 7.79. The predicted octanol–water partition coefficient (Wildman–Crippen LogP) is 1.76. The Morgan fingerprint density at radius 1 is 1.50 bits per heavy atom. The number of aryl methyl sites for hydroxylation is 1. The summed E-state index contributed by atoms with van der Waals surface area (Å²) >= 11 is 1.42. The minimum absolute atomic E-state index is 0.316. The lowest BCUT2D eigenvalue weighted by Gasteiger charge is -2.10. The van der Waals surface area contributed by atoms with Gasteiger partial charge in [-0.05, 0) is 19.2 Å². The number of hydrogen-bond acceptors (Lipinski definition) is 7. The molecule has 2 aromatic heterocycles. The molecule has 0 saturated heterocycles. The Kier molecular flexibility index (Phi) is 5.76. The zero-order chi connectivity index (χ0) is 15.9. The minimum atomic E-state index is -0.421. The Hall–Kier alpha value is -2.09. The van der Waals surface area contributed by atoms with E-state index in [0.717, 1.165) is 12.1 Å². The van der Waals surface area contributed by atoms with Crippen molar-refractivity contribution in [2.75, 3.05) is 24.7 Å². The van der Waals surface area contributed by atoms with E-state index in [9.17, 15) is 4.79 Å². The maximum atomic E-state index is 11.9. The highest BCUT2D eigenvalue weighted by atomic mass is 32.2. The van der Waals surface area contributed by atoms with Gasteiger partial charge >= 0.3 is 5.97 Å². The SMILES string of the molecule is CCOC(=O)c1cnc(SC)nc1NCCc1ccn(C)n1. The number of hydrogen-bond donors (Lipinski definition) is 1. The Bertz CT molecular complexity index is 644. The third kappa shape index (κ3) is 4.20. The molecule has 0 saturated carbocycles. The molecule has 0 aliphatic carbocycles. The van der Waals surface area contributed by atoms with Crippen molar-refractivity contribution in [3.05, 3.63) is 29.7 Å². The van der Waals surface area contributed by atoms with Gasteiger partial charge in [0.1, 0.15) is 11.4 Å². The molecule has 22 heavy (non-hydrogen) atoms. The van der Waals surface area contributed by atoms with Gasteiger partial charge in [-0.25, -0.2) is 14.8 Å². The third-order valence-electron chi connectivity index (χ3n) is 2.89. The summed E-state index contributed by atoms with van der Waals surface area (Å²) in [4.78, 5) is 20.4. The van der Waals surface area contributed by atoms with Crippen LogP contribution in [-0.2, 0) is 18.2 Å². The van der Waals surface area contributed by atoms with Crippen molar-refractivity contribution < 1.29 is 9.53 Å². The number of carbonyl (C=O) groups is 1. The first-order valence-electron chi connectivity index (χ1n) is 6.94. The summed E-state index contributed by atoms with van der Waals surface area (Å²) < 4.78 is 6.79. The lowest BCUT2D eigenvalue weighted by Crippen LogP contribution is -2.14. The van der Waals surface area contributed by atoms with E-state index in [1.165, 1.54) is 18.0 Å². The molecule has 2 aromatic rings. The largest absolute Gasteiger partial charge is 0.462 e. The van der Waals surface area contributed by atoms with Gasteiger partial charge in [0, 0.05) is 32.4 Å². The molecule has 7 nitrogen and oxygen atoms in total. The average molecular weight is 321 g/mol. The van der Waals surface area contributed by atoms with Crippen LogP contribution in [0, 0.1) is 0 Å². The molecule has 0 bridgehead atoms. The zero-order valence-electron chi connectivity index (χ0n) is 12.9. The van der Waals surface area contributed by atoms with Gasteiger partial charge in [-0.3, -0.25) is 4.68 Å². The average Bonchev–Trinajstić information content (AvgIpc) is 2.93. The first kappa shape index (κ1) is 16.3. The molecule has 2 heterocycles. The maximum Gasteiger partial charge on any atom is 0.343 e. The quantitative estimate of drug-likeness (QED) is 0.473. The predicted molar refractivity (Wildman–Crippen MR) is 85.2 cm³/mol. The van der Waals surface area contributed by atoms with Crippen molar-refractivity contribution in [1.29, 1.82) is 0 Å². The van der Waals surface area contributed by atoms with Gasteiger partial charge in [-0.15, -0.1) is 0 Å². The van der Waals surface area contributed by atoms with Crippen LogP contribution >= 0.6 is 11.8 Å². The Balaban J connectivity index is 2.07. The van der Waals surface area contributed by atoms with Gasteiger partial charge in [-0.1, -0.05) is 11.8 Å². The summed E-state index contributed by atoms with van der Waals surface area (Å²) in [5.41, 5.74) is 1.33. The maximum absolute atomic E-state index is 11.9. The van der Waals surface area contributed by atoms with Crippen LogP contribution in [-0.4, -0.2) is 45.1 Å². The van der Waals surface area contributed by atoms with Crippen molar-refractivity contribution in [2.24, 2.45) is 7.05 Å². The summed E-state index contributed by atoms with van der Waals surface area (Å²) in [6, 6.07) is 1.96. The number of esters is 1. The van der Waals surface area contributed by atoms with Crippen LogP contribution in [0.5, 0.6) is 0 Å². The van der Waals surface area contributed by atoms with E-state index in [1.807, 2.05) is 25.6 Å². The number of nitrogens with zero attached hydrogens (tertiary/aromatic N) is 4. The molecule has 2 rings (SSSR count). The van der Waals surface area contributed by atoms with E-state index >= 15 is 0 Å². The van der Waals surface area contributed by atoms with Crippen LogP contribution in [0.15, 0.2) is 23.6 Å². The molecular formula is C14H19N5O2S.